The van der Waals surface area contributed by atoms with Gasteiger partial charge >= 0.3 is 0 Å². The van der Waals surface area contributed by atoms with Crippen molar-refractivity contribution in [1.82, 2.24) is 15.4 Å². The van der Waals surface area contributed by atoms with Gasteiger partial charge in [-0.25, -0.2) is 0 Å². The zero-order valence-corrected chi connectivity index (χ0v) is 16.2. The molecule has 6 nitrogen and oxygen atoms in total. The molecule has 2 saturated heterocycles. The number of hydrogen-bond donors (Lipinski definition) is 1. The zero-order chi connectivity index (χ0) is 19.0. The van der Waals surface area contributed by atoms with Crippen LogP contribution in [0.4, 0.5) is 0 Å². The van der Waals surface area contributed by atoms with Crippen molar-refractivity contribution in [3.63, 3.8) is 0 Å². The third kappa shape index (κ3) is 3.58. The molecule has 1 aromatic carbocycles. The number of para-hydroxylation sites is 1. The largest absolute Gasteiger partial charge is 0.488 e. The predicted octanol–water partition coefficient (Wildman–Crippen LogP) is 3.23. The maximum absolute atomic E-state index is 12.8. The van der Waals surface area contributed by atoms with E-state index in [2.05, 4.69) is 22.4 Å². The number of fused-ring (bicyclic) bond motifs is 2. The summed E-state index contributed by atoms with van der Waals surface area (Å²) in [5.74, 6) is 1.26. The number of hydrogen-bond acceptors (Lipinski definition) is 5. The molecule has 6 heteroatoms. The van der Waals surface area contributed by atoms with Crippen molar-refractivity contribution < 1.29 is 14.1 Å². The second kappa shape index (κ2) is 7.35. The molecule has 2 aromatic rings. The first kappa shape index (κ1) is 18.0. The van der Waals surface area contributed by atoms with E-state index >= 15 is 0 Å². The lowest BCUT2D eigenvalue weighted by molar-refractivity contribution is 0.0871. The van der Waals surface area contributed by atoms with Crippen LogP contribution in [-0.2, 0) is 6.61 Å². The number of aryl methyl sites for hydroxylation is 2. The predicted molar refractivity (Wildman–Crippen MR) is 102 cm³/mol. The molecular weight excluding hydrogens is 342 g/mol. The number of carbonyl (C=O) groups is 1. The number of carbonyl (C=O) groups excluding carboxylic acids is 1. The number of benzene rings is 1. The Bertz CT molecular complexity index is 818. The van der Waals surface area contributed by atoms with Gasteiger partial charge in [-0.05, 0) is 58.2 Å². The Balaban J connectivity index is 1.43. The SMILES string of the molecule is Cc1ccccc1OCc1c(C(=O)NC2CC3CCC(C2)N3C)noc1C. The first-order chi connectivity index (χ1) is 13.0. The summed E-state index contributed by atoms with van der Waals surface area (Å²) in [7, 11) is 2.20. The highest BCUT2D eigenvalue weighted by atomic mass is 16.5. The Morgan fingerprint density at radius 2 is 1.96 bits per heavy atom. The summed E-state index contributed by atoms with van der Waals surface area (Å²) in [5, 5.41) is 7.18. The number of aromatic nitrogens is 1. The van der Waals surface area contributed by atoms with Gasteiger partial charge in [0.25, 0.3) is 5.91 Å². The quantitative estimate of drug-likeness (QED) is 0.876. The molecule has 1 aromatic heterocycles. The first-order valence-corrected chi connectivity index (χ1v) is 9.69. The maximum Gasteiger partial charge on any atom is 0.274 e. The van der Waals surface area contributed by atoms with Crippen molar-refractivity contribution in [1.29, 1.82) is 0 Å². The van der Waals surface area contributed by atoms with Gasteiger partial charge in [-0.2, -0.15) is 0 Å². The summed E-state index contributed by atoms with van der Waals surface area (Å²) in [6, 6.07) is 9.19. The molecule has 2 fully saturated rings. The molecule has 2 aliphatic rings. The Kier molecular flexibility index (Phi) is 4.91. The summed E-state index contributed by atoms with van der Waals surface area (Å²) < 4.78 is 11.2. The third-order valence-corrected chi connectivity index (χ3v) is 6.10. The summed E-state index contributed by atoms with van der Waals surface area (Å²) in [5.41, 5.74) is 2.11. The summed E-state index contributed by atoms with van der Waals surface area (Å²) >= 11 is 0. The van der Waals surface area contributed by atoms with Crippen molar-refractivity contribution in [2.45, 2.75) is 64.3 Å². The van der Waals surface area contributed by atoms with Crippen LogP contribution in [-0.4, -0.2) is 41.1 Å². The van der Waals surface area contributed by atoms with Gasteiger partial charge in [-0.1, -0.05) is 23.4 Å². The van der Waals surface area contributed by atoms with Crippen LogP contribution in [0.1, 0.15) is 53.1 Å². The standard InChI is InChI=1S/C21H27N3O3/c1-13-6-4-5-7-19(13)26-12-18-14(2)27-23-20(18)21(25)22-15-10-16-8-9-17(11-15)24(16)3/h4-7,15-17H,8-12H2,1-3H3,(H,22,25). The maximum atomic E-state index is 12.8. The van der Waals surface area contributed by atoms with Crippen LogP contribution in [0, 0.1) is 13.8 Å². The van der Waals surface area contributed by atoms with Crippen LogP contribution >= 0.6 is 0 Å². The average Bonchev–Trinajstić information content (AvgIpc) is 3.09. The van der Waals surface area contributed by atoms with E-state index in [1.165, 1.54) is 12.8 Å². The smallest absolute Gasteiger partial charge is 0.274 e. The fourth-order valence-electron chi connectivity index (χ4n) is 4.39. The molecule has 1 amide bonds. The monoisotopic (exact) mass is 369 g/mol. The second-order valence-electron chi connectivity index (χ2n) is 7.81. The molecule has 2 unspecified atom stereocenters. The molecule has 27 heavy (non-hydrogen) atoms. The second-order valence-corrected chi connectivity index (χ2v) is 7.81. The number of nitrogens with zero attached hydrogens (tertiary/aromatic N) is 2. The molecule has 0 aliphatic carbocycles. The van der Waals surface area contributed by atoms with Gasteiger partial charge in [0.2, 0.25) is 0 Å². The Labute approximate surface area is 159 Å². The van der Waals surface area contributed by atoms with E-state index in [0.29, 0.717) is 29.1 Å². The van der Waals surface area contributed by atoms with Crippen LogP contribution in [0.5, 0.6) is 5.75 Å². The average molecular weight is 369 g/mol. The van der Waals surface area contributed by atoms with Gasteiger partial charge in [0.1, 0.15) is 18.1 Å². The van der Waals surface area contributed by atoms with E-state index in [1.807, 2.05) is 38.1 Å². The van der Waals surface area contributed by atoms with Crippen molar-refractivity contribution in [2.75, 3.05) is 7.05 Å². The van der Waals surface area contributed by atoms with Gasteiger partial charge in [-0.3, -0.25) is 4.79 Å². The Morgan fingerprint density at radius 3 is 2.67 bits per heavy atom. The lowest BCUT2D eigenvalue weighted by Gasteiger charge is -2.36. The minimum absolute atomic E-state index is 0.163. The topological polar surface area (TPSA) is 67.6 Å². The van der Waals surface area contributed by atoms with Crippen LogP contribution in [0.3, 0.4) is 0 Å². The number of amides is 1. The van der Waals surface area contributed by atoms with Gasteiger partial charge in [-0.15, -0.1) is 0 Å². The molecule has 4 rings (SSSR count). The lowest BCUT2D eigenvalue weighted by Crippen LogP contribution is -2.48. The molecule has 0 spiro atoms. The Hall–Kier alpha value is -2.34. The lowest BCUT2D eigenvalue weighted by atomic mass is 9.98. The highest BCUT2D eigenvalue weighted by Crippen LogP contribution is 2.34. The first-order valence-electron chi connectivity index (χ1n) is 9.69. The fourth-order valence-corrected chi connectivity index (χ4v) is 4.39. The molecule has 0 saturated carbocycles. The number of ether oxygens (including phenoxy) is 1. The van der Waals surface area contributed by atoms with Crippen molar-refractivity contribution in [3.05, 3.63) is 46.8 Å². The minimum atomic E-state index is -0.163. The van der Waals surface area contributed by atoms with Gasteiger partial charge in [0.15, 0.2) is 5.69 Å². The third-order valence-electron chi connectivity index (χ3n) is 6.10. The van der Waals surface area contributed by atoms with Gasteiger partial charge in [0, 0.05) is 18.1 Å². The highest BCUT2D eigenvalue weighted by molar-refractivity contribution is 5.94. The van der Waals surface area contributed by atoms with E-state index in [1.54, 1.807) is 0 Å². The molecule has 1 N–H and O–H groups in total. The van der Waals surface area contributed by atoms with Crippen molar-refractivity contribution in [3.8, 4) is 5.75 Å². The number of rotatable bonds is 5. The molecule has 2 bridgehead atoms. The van der Waals surface area contributed by atoms with E-state index in [0.717, 1.165) is 24.2 Å². The molecule has 144 valence electrons. The fraction of sp³-hybridized carbons (Fsp3) is 0.524. The van der Waals surface area contributed by atoms with Gasteiger partial charge < -0.3 is 19.5 Å². The molecule has 3 heterocycles. The van der Waals surface area contributed by atoms with Crippen LogP contribution in [0.15, 0.2) is 28.8 Å². The van der Waals surface area contributed by atoms with Crippen LogP contribution in [0.25, 0.3) is 0 Å². The van der Waals surface area contributed by atoms with Crippen molar-refractivity contribution >= 4 is 5.91 Å². The molecule has 2 aliphatic heterocycles. The summed E-state index contributed by atoms with van der Waals surface area (Å²) in [6.07, 6.45) is 4.47. The normalized spacial score (nSPS) is 24.8. The Morgan fingerprint density at radius 1 is 1.26 bits per heavy atom. The van der Waals surface area contributed by atoms with E-state index in [4.69, 9.17) is 9.26 Å². The highest BCUT2D eigenvalue weighted by Gasteiger charge is 2.39. The molecule has 2 atom stereocenters. The van der Waals surface area contributed by atoms with Crippen LogP contribution in [0.2, 0.25) is 0 Å². The summed E-state index contributed by atoms with van der Waals surface area (Å²) in [6.45, 7) is 4.08. The van der Waals surface area contributed by atoms with E-state index in [-0.39, 0.29) is 18.6 Å². The van der Waals surface area contributed by atoms with Crippen LogP contribution < -0.4 is 10.1 Å². The summed E-state index contributed by atoms with van der Waals surface area (Å²) in [4.78, 5) is 15.3. The molecule has 0 radical (unpaired) electrons. The zero-order valence-electron chi connectivity index (χ0n) is 16.2. The van der Waals surface area contributed by atoms with Crippen molar-refractivity contribution in [2.24, 2.45) is 0 Å². The number of piperidine rings is 1. The van der Waals surface area contributed by atoms with Gasteiger partial charge in [0.05, 0.1) is 5.56 Å². The number of nitrogens with one attached hydrogen (secondary N) is 1. The van der Waals surface area contributed by atoms with E-state index in [9.17, 15) is 4.79 Å². The molecular formula is C21H27N3O3. The van der Waals surface area contributed by atoms with E-state index < -0.39 is 0 Å². The minimum Gasteiger partial charge on any atom is -0.488 e.